The number of amides is 2. The molecule has 7 nitrogen and oxygen atoms in total. The van der Waals surface area contributed by atoms with Crippen molar-refractivity contribution in [3.8, 4) is 17.6 Å². The first-order chi connectivity index (χ1) is 15.3. The van der Waals surface area contributed by atoms with Crippen molar-refractivity contribution in [1.82, 2.24) is 4.90 Å². The minimum absolute atomic E-state index is 0.0214. The molecule has 2 amide bonds. The molecule has 172 valence electrons. The van der Waals surface area contributed by atoms with Crippen molar-refractivity contribution in [3.63, 3.8) is 0 Å². The molecule has 7 heteroatoms. The average molecular weight is 441 g/mol. The molecule has 0 aliphatic carbocycles. The monoisotopic (exact) mass is 440 g/mol. The van der Waals surface area contributed by atoms with Crippen LogP contribution < -0.4 is 9.47 Å². The van der Waals surface area contributed by atoms with Gasteiger partial charge in [-0.2, -0.15) is 5.26 Å². The summed E-state index contributed by atoms with van der Waals surface area (Å²) in [7, 11) is 1.56. The van der Waals surface area contributed by atoms with Crippen LogP contribution in [0.1, 0.15) is 46.1 Å². The number of imide groups is 1. The number of nitrogens with zero attached hydrogens (tertiary/aromatic N) is 2. The molecule has 1 aromatic rings. The summed E-state index contributed by atoms with van der Waals surface area (Å²) in [6.07, 6.45) is 3.11. The summed E-state index contributed by atoms with van der Waals surface area (Å²) in [6, 6.07) is 7.41. The first kappa shape index (κ1) is 25.2. The van der Waals surface area contributed by atoms with Crippen LogP contribution in [0.2, 0.25) is 0 Å². The van der Waals surface area contributed by atoms with Crippen molar-refractivity contribution in [2.75, 3.05) is 33.5 Å². The molecule has 1 aromatic carbocycles. The molecule has 0 spiro atoms. The van der Waals surface area contributed by atoms with E-state index in [-0.39, 0.29) is 12.1 Å². The van der Waals surface area contributed by atoms with Gasteiger partial charge in [-0.25, -0.2) is 0 Å². The van der Waals surface area contributed by atoms with Crippen molar-refractivity contribution >= 4 is 17.9 Å². The Morgan fingerprint density at radius 2 is 1.88 bits per heavy atom. The largest absolute Gasteiger partial charge is 0.490 e. The van der Waals surface area contributed by atoms with Gasteiger partial charge in [0.05, 0.1) is 13.2 Å². The van der Waals surface area contributed by atoms with Crippen molar-refractivity contribution < 1.29 is 23.8 Å². The summed E-state index contributed by atoms with van der Waals surface area (Å²) in [5, 5.41) is 9.51. The lowest BCUT2D eigenvalue weighted by Crippen LogP contribution is -2.43. The van der Waals surface area contributed by atoms with Crippen LogP contribution in [0.4, 0.5) is 0 Å². The van der Waals surface area contributed by atoms with E-state index in [1.807, 2.05) is 25.1 Å². The number of carbonyl (C=O) groups is 2. The van der Waals surface area contributed by atoms with E-state index in [4.69, 9.17) is 14.2 Å². The molecule has 32 heavy (non-hydrogen) atoms. The van der Waals surface area contributed by atoms with Crippen molar-refractivity contribution in [2.45, 2.75) is 40.5 Å². The Kier molecular flexibility index (Phi) is 9.48. The third-order valence-corrected chi connectivity index (χ3v) is 5.09. The second-order valence-electron chi connectivity index (χ2n) is 7.95. The lowest BCUT2D eigenvalue weighted by Gasteiger charge is -2.27. The maximum absolute atomic E-state index is 13.1. The zero-order valence-electron chi connectivity index (χ0n) is 19.6. The second-order valence-corrected chi connectivity index (χ2v) is 7.95. The smallest absolute Gasteiger partial charge is 0.271 e. The number of benzene rings is 1. The third-order valence-electron chi connectivity index (χ3n) is 5.09. The Balaban J connectivity index is 2.39. The number of methoxy groups -OCH3 is 1. The van der Waals surface area contributed by atoms with Crippen LogP contribution in [-0.2, 0) is 14.3 Å². The Labute approximate surface area is 190 Å². The second kappa shape index (κ2) is 12.1. The Morgan fingerprint density at radius 1 is 1.12 bits per heavy atom. The Morgan fingerprint density at radius 3 is 2.50 bits per heavy atom. The normalized spacial score (nSPS) is 15.5. The first-order valence-electron chi connectivity index (χ1n) is 10.9. The molecule has 1 aliphatic rings. The lowest BCUT2D eigenvalue weighted by molar-refractivity contribution is -0.140. The van der Waals surface area contributed by atoms with Crippen molar-refractivity contribution in [3.05, 3.63) is 40.5 Å². The minimum atomic E-state index is -0.563. The van der Waals surface area contributed by atoms with Crippen LogP contribution in [0.3, 0.4) is 0 Å². The summed E-state index contributed by atoms with van der Waals surface area (Å²) < 4.78 is 16.6. The van der Waals surface area contributed by atoms with E-state index in [2.05, 4.69) is 13.8 Å². The fourth-order valence-electron chi connectivity index (χ4n) is 3.27. The predicted molar refractivity (Wildman–Crippen MR) is 122 cm³/mol. The van der Waals surface area contributed by atoms with Crippen LogP contribution in [0.15, 0.2) is 34.9 Å². The van der Waals surface area contributed by atoms with E-state index in [9.17, 15) is 14.9 Å². The van der Waals surface area contributed by atoms with E-state index in [0.29, 0.717) is 54.8 Å². The highest BCUT2D eigenvalue weighted by atomic mass is 16.5. The topological polar surface area (TPSA) is 88.9 Å². The summed E-state index contributed by atoms with van der Waals surface area (Å²) in [6.45, 7) is 9.45. The molecule has 1 aliphatic heterocycles. The molecule has 0 radical (unpaired) electrons. The van der Waals surface area contributed by atoms with Crippen LogP contribution in [-0.4, -0.2) is 50.2 Å². The number of hydrogen-bond donors (Lipinski definition) is 0. The molecule has 0 bridgehead atoms. The summed E-state index contributed by atoms with van der Waals surface area (Å²) in [5.41, 5.74) is 1.39. The number of hydrogen-bond acceptors (Lipinski definition) is 6. The first-order valence-corrected chi connectivity index (χ1v) is 10.9. The maximum atomic E-state index is 13.1. The summed E-state index contributed by atoms with van der Waals surface area (Å²) >= 11 is 0. The van der Waals surface area contributed by atoms with E-state index in [1.165, 1.54) is 0 Å². The van der Waals surface area contributed by atoms with Gasteiger partial charge in [0.1, 0.15) is 11.6 Å². The fourth-order valence-corrected chi connectivity index (χ4v) is 3.27. The van der Waals surface area contributed by atoms with Gasteiger partial charge in [-0.3, -0.25) is 14.5 Å². The molecule has 0 saturated carbocycles. The molecular formula is C25H32N2O5. The highest BCUT2D eigenvalue weighted by molar-refractivity contribution is 6.19. The number of ether oxygens (including phenoxy) is 3. The van der Waals surface area contributed by atoms with Gasteiger partial charge < -0.3 is 14.2 Å². The van der Waals surface area contributed by atoms with Gasteiger partial charge in [0.25, 0.3) is 11.8 Å². The molecule has 1 heterocycles. The molecule has 2 rings (SSSR count). The third kappa shape index (κ3) is 6.21. The van der Waals surface area contributed by atoms with E-state index in [0.717, 1.165) is 16.9 Å². The molecule has 0 N–H and O–H groups in total. The molecule has 0 atom stereocenters. The minimum Gasteiger partial charge on any atom is -0.490 e. The van der Waals surface area contributed by atoms with Gasteiger partial charge in [0.2, 0.25) is 0 Å². The van der Waals surface area contributed by atoms with Crippen LogP contribution in [0.25, 0.3) is 6.08 Å². The zero-order valence-corrected chi connectivity index (χ0v) is 19.6. The van der Waals surface area contributed by atoms with E-state index < -0.39 is 11.8 Å². The van der Waals surface area contributed by atoms with Gasteiger partial charge >= 0.3 is 0 Å². The summed E-state index contributed by atoms with van der Waals surface area (Å²) in [5.74, 6) is 0.783. The maximum Gasteiger partial charge on any atom is 0.271 e. The standard InChI is InChI=1S/C25H32N2O5/c1-6-31-23-15-19(8-9-22(23)32-13-10-17(2)3)14-20-18(4)21(16-26)25(29)27(24(20)28)11-7-12-30-5/h8-9,14-15,17H,6-7,10-13H2,1-5H3/b20-14+. The van der Waals surface area contributed by atoms with Crippen molar-refractivity contribution in [1.29, 1.82) is 5.26 Å². The van der Waals surface area contributed by atoms with Crippen LogP contribution in [0, 0.1) is 17.2 Å². The quantitative estimate of drug-likeness (QED) is 0.292. The Hall–Kier alpha value is -3.11. The van der Waals surface area contributed by atoms with Gasteiger partial charge in [-0.05, 0) is 62.0 Å². The van der Waals surface area contributed by atoms with Gasteiger partial charge in [0, 0.05) is 25.8 Å². The average Bonchev–Trinajstić information content (AvgIpc) is 2.75. The molecule has 0 aromatic heterocycles. The van der Waals surface area contributed by atoms with E-state index in [1.54, 1.807) is 26.2 Å². The lowest BCUT2D eigenvalue weighted by atomic mass is 9.93. The Bertz CT molecular complexity index is 940. The highest BCUT2D eigenvalue weighted by Gasteiger charge is 2.35. The summed E-state index contributed by atoms with van der Waals surface area (Å²) in [4.78, 5) is 26.8. The fraction of sp³-hybridized carbons (Fsp3) is 0.480. The number of rotatable bonds is 11. The van der Waals surface area contributed by atoms with Gasteiger partial charge in [-0.1, -0.05) is 19.9 Å². The SMILES string of the molecule is CCOc1cc(/C=C2/C(=O)N(CCCOC)C(=O)C(C#N)=C2C)ccc1OCCC(C)C. The van der Waals surface area contributed by atoms with Gasteiger partial charge in [0.15, 0.2) is 11.5 Å². The number of carbonyl (C=O) groups excluding carboxylic acids is 2. The van der Waals surface area contributed by atoms with Crippen LogP contribution in [0.5, 0.6) is 11.5 Å². The highest BCUT2D eigenvalue weighted by Crippen LogP contribution is 2.32. The molecule has 0 unspecified atom stereocenters. The molecular weight excluding hydrogens is 408 g/mol. The molecule has 0 fully saturated rings. The number of nitriles is 1. The van der Waals surface area contributed by atoms with Gasteiger partial charge in [-0.15, -0.1) is 0 Å². The molecule has 0 saturated heterocycles. The zero-order chi connectivity index (χ0) is 23.7. The van der Waals surface area contributed by atoms with Crippen molar-refractivity contribution in [2.24, 2.45) is 5.92 Å². The van der Waals surface area contributed by atoms with Crippen LogP contribution >= 0.6 is 0 Å². The predicted octanol–water partition coefficient (Wildman–Crippen LogP) is 4.14. The van der Waals surface area contributed by atoms with E-state index >= 15 is 0 Å².